The number of halogens is 4. The van der Waals surface area contributed by atoms with Crippen LogP contribution in [0.25, 0.3) is 0 Å². The summed E-state index contributed by atoms with van der Waals surface area (Å²) in [5.74, 6) is -6.04. The van der Waals surface area contributed by atoms with Crippen LogP contribution in [0, 0.1) is 17.6 Å². The number of amides is 2. The molecule has 0 radical (unpaired) electrons. The second-order valence-corrected chi connectivity index (χ2v) is 9.35. The van der Waals surface area contributed by atoms with Crippen molar-refractivity contribution in [3.8, 4) is 0 Å². The van der Waals surface area contributed by atoms with Crippen molar-refractivity contribution in [2.75, 3.05) is 12.8 Å². The average molecular weight is 436 g/mol. The van der Waals surface area contributed by atoms with E-state index in [2.05, 4.69) is 5.32 Å². The lowest BCUT2D eigenvalue weighted by atomic mass is 9.83. The first-order valence-corrected chi connectivity index (χ1v) is 11.0. The van der Waals surface area contributed by atoms with Crippen LogP contribution in [0.2, 0.25) is 0 Å². The van der Waals surface area contributed by atoms with Crippen LogP contribution >= 0.6 is 0 Å². The summed E-state index contributed by atoms with van der Waals surface area (Å²) < 4.78 is 78.8. The zero-order chi connectivity index (χ0) is 22.0. The van der Waals surface area contributed by atoms with Gasteiger partial charge in [0.2, 0.25) is 5.92 Å². The van der Waals surface area contributed by atoms with Crippen molar-refractivity contribution >= 4 is 15.9 Å². The summed E-state index contributed by atoms with van der Waals surface area (Å²) in [7, 11) is -3.40. The Balaban J connectivity index is 2.31. The molecule has 0 saturated carbocycles. The lowest BCUT2D eigenvalue weighted by Gasteiger charge is -2.41. The van der Waals surface area contributed by atoms with Gasteiger partial charge in [0.25, 0.3) is 0 Å². The molecule has 10 heteroatoms. The van der Waals surface area contributed by atoms with Crippen LogP contribution in [0.4, 0.5) is 22.4 Å². The van der Waals surface area contributed by atoms with E-state index in [9.17, 15) is 30.8 Å². The SMILES string of the molecule is CC(/C=C/S(C)(=O)=O)NC(=O)N1CC[C@@H](C(C)(F)F)C[C@H]1c1c(F)cccc1F. The van der Waals surface area contributed by atoms with Gasteiger partial charge in [0.05, 0.1) is 6.04 Å². The number of likely N-dealkylation sites (tertiary alicyclic amines) is 1. The summed E-state index contributed by atoms with van der Waals surface area (Å²) in [4.78, 5) is 13.8. The molecule has 3 atom stereocenters. The third-order valence-corrected chi connectivity index (χ3v) is 5.53. The first-order chi connectivity index (χ1) is 13.3. The summed E-state index contributed by atoms with van der Waals surface area (Å²) in [5.41, 5.74) is -0.434. The number of alkyl halides is 2. The van der Waals surface area contributed by atoms with Gasteiger partial charge in [-0.25, -0.2) is 30.8 Å². The van der Waals surface area contributed by atoms with Crippen LogP contribution in [-0.4, -0.2) is 44.1 Å². The quantitative estimate of drug-likeness (QED) is 0.709. The molecule has 1 N–H and O–H groups in total. The average Bonchev–Trinajstić information content (AvgIpc) is 2.58. The van der Waals surface area contributed by atoms with Crippen molar-refractivity contribution < 1.29 is 30.8 Å². The van der Waals surface area contributed by atoms with E-state index in [-0.39, 0.29) is 19.4 Å². The Hall–Kier alpha value is -2.10. The van der Waals surface area contributed by atoms with E-state index in [1.54, 1.807) is 0 Å². The number of hydrogen-bond acceptors (Lipinski definition) is 3. The molecule has 162 valence electrons. The van der Waals surface area contributed by atoms with Crippen LogP contribution in [0.5, 0.6) is 0 Å². The molecule has 29 heavy (non-hydrogen) atoms. The maximum atomic E-state index is 14.3. The van der Waals surface area contributed by atoms with Crippen molar-refractivity contribution in [1.82, 2.24) is 10.2 Å². The molecule has 1 aliphatic rings. The van der Waals surface area contributed by atoms with Gasteiger partial charge in [-0.2, -0.15) is 0 Å². The second-order valence-electron chi connectivity index (χ2n) is 7.42. The molecule has 1 unspecified atom stereocenters. The molecular weight excluding hydrogens is 412 g/mol. The highest BCUT2D eigenvalue weighted by Crippen LogP contribution is 2.42. The first kappa shape index (κ1) is 23.2. The molecule has 0 bridgehead atoms. The minimum Gasteiger partial charge on any atom is -0.332 e. The summed E-state index contributed by atoms with van der Waals surface area (Å²) in [6.45, 7) is 2.15. The normalized spacial score (nSPS) is 22.0. The lowest BCUT2D eigenvalue weighted by molar-refractivity contribution is -0.0692. The maximum absolute atomic E-state index is 14.3. The Bertz CT molecular complexity index is 864. The minimum atomic E-state index is -3.40. The number of rotatable bonds is 5. The highest BCUT2D eigenvalue weighted by Gasteiger charge is 2.43. The van der Waals surface area contributed by atoms with E-state index in [1.807, 2.05) is 0 Å². The van der Waals surface area contributed by atoms with Crippen LogP contribution in [0.15, 0.2) is 29.7 Å². The monoisotopic (exact) mass is 436 g/mol. The van der Waals surface area contributed by atoms with Gasteiger partial charge in [-0.15, -0.1) is 0 Å². The molecule has 1 heterocycles. The van der Waals surface area contributed by atoms with Crippen molar-refractivity contribution in [3.63, 3.8) is 0 Å². The molecule has 5 nitrogen and oxygen atoms in total. The number of urea groups is 1. The number of piperidine rings is 1. The highest BCUT2D eigenvalue weighted by atomic mass is 32.2. The molecule has 0 spiro atoms. The van der Waals surface area contributed by atoms with Gasteiger partial charge in [-0.3, -0.25) is 0 Å². The summed E-state index contributed by atoms with van der Waals surface area (Å²) in [5, 5.41) is 3.44. The largest absolute Gasteiger partial charge is 0.332 e. The van der Waals surface area contributed by atoms with E-state index >= 15 is 0 Å². The Morgan fingerprint density at radius 3 is 2.41 bits per heavy atom. The summed E-state index contributed by atoms with van der Waals surface area (Å²) in [6.07, 6.45) is 1.91. The topological polar surface area (TPSA) is 66.5 Å². The fourth-order valence-corrected chi connectivity index (χ4v) is 3.88. The summed E-state index contributed by atoms with van der Waals surface area (Å²) >= 11 is 0. The van der Waals surface area contributed by atoms with Gasteiger partial charge in [-0.1, -0.05) is 12.1 Å². The van der Waals surface area contributed by atoms with Gasteiger partial charge < -0.3 is 10.2 Å². The molecular formula is C19H24F4N2O3S. The van der Waals surface area contributed by atoms with Gasteiger partial charge >= 0.3 is 6.03 Å². The molecule has 1 aromatic rings. The van der Waals surface area contributed by atoms with Crippen LogP contribution < -0.4 is 5.32 Å². The first-order valence-electron chi connectivity index (χ1n) is 9.06. The van der Waals surface area contributed by atoms with Crippen LogP contribution in [0.3, 0.4) is 0 Å². The lowest BCUT2D eigenvalue weighted by Crippen LogP contribution is -2.50. The number of hydrogen-bond donors (Lipinski definition) is 1. The molecule has 0 aliphatic carbocycles. The number of benzene rings is 1. The van der Waals surface area contributed by atoms with Crippen LogP contribution in [-0.2, 0) is 9.84 Å². The maximum Gasteiger partial charge on any atom is 0.318 e. The smallest absolute Gasteiger partial charge is 0.318 e. The zero-order valence-electron chi connectivity index (χ0n) is 16.3. The van der Waals surface area contributed by atoms with Gasteiger partial charge in [0, 0.05) is 35.7 Å². The highest BCUT2D eigenvalue weighted by molar-refractivity contribution is 7.93. The van der Waals surface area contributed by atoms with E-state index in [0.29, 0.717) is 0 Å². The van der Waals surface area contributed by atoms with E-state index in [0.717, 1.165) is 41.7 Å². The fourth-order valence-electron chi connectivity index (χ4n) is 3.36. The third-order valence-electron chi connectivity index (χ3n) is 4.88. The number of nitrogens with zero attached hydrogens (tertiary/aromatic N) is 1. The fraction of sp³-hybridized carbons (Fsp3) is 0.526. The van der Waals surface area contributed by atoms with E-state index in [4.69, 9.17) is 0 Å². The summed E-state index contributed by atoms with van der Waals surface area (Å²) in [6, 6.07) is 0.548. The number of carbonyl (C=O) groups excluding carboxylic acids is 1. The van der Waals surface area contributed by atoms with Gasteiger partial charge in [0.15, 0.2) is 9.84 Å². The molecule has 1 aliphatic heterocycles. The second kappa shape index (κ2) is 8.73. The number of nitrogens with one attached hydrogen (secondary N) is 1. The van der Waals surface area contributed by atoms with Crippen molar-refractivity contribution in [2.24, 2.45) is 5.92 Å². The molecule has 1 fully saturated rings. The van der Waals surface area contributed by atoms with Crippen molar-refractivity contribution in [3.05, 3.63) is 46.9 Å². The zero-order valence-corrected chi connectivity index (χ0v) is 17.1. The van der Waals surface area contributed by atoms with E-state index < -0.39 is 57.0 Å². The van der Waals surface area contributed by atoms with Crippen molar-refractivity contribution in [1.29, 1.82) is 0 Å². The minimum absolute atomic E-state index is 0.0307. The van der Waals surface area contributed by atoms with Gasteiger partial charge in [-0.05, 0) is 38.8 Å². The molecule has 1 saturated heterocycles. The Labute approximate surface area is 167 Å². The van der Waals surface area contributed by atoms with Crippen LogP contribution in [0.1, 0.15) is 38.3 Å². The Morgan fingerprint density at radius 1 is 1.31 bits per heavy atom. The number of sulfone groups is 1. The molecule has 2 rings (SSSR count). The number of carbonyl (C=O) groups is 1. The molecule has 1 aromatic carbocycles. The third kappa shape index (κ3) is 6.19. The standard InChI is InChI=1S/C19H24F4N2O3S/c1-12(8-10-29(3,27)28)24-18(26)25-9-7-13(19(2,22)23)11-16(25)17-14(20)5-4-6-15(17)21/h4-6,8,10,12-13,16H,7,9,11H2,1-3H3,(H,24,26)/b10-8+/t12?,13-,16+/m1/s1. The predicted molar refractivity (Wildman–Crippen MR) is 101 cm³/mol. The predicted octanol–water partition coefficient (Wildman–Crippen LogP) is 4.03. The Kier molecular flexibility index (Phi) is 6.97. The molecule has 2 amide bonds. The van der Waals surface area contributed by atoms with E-state index in [1.165, 1.54) is 13.0 Å². The van der Waals surface area contributed by atoms with Gasteiger partial charge in [0.1, 0.15) is 11.6 Å². The van der Waals surface area contributed by atoms with Crippen molar-refractivity contribution in [2.45, 2.75) is 44.7 Å². The molecule has 0 aromatic heterocycles. The Morgan fingerprint density at radius 2 is 1.90 bits per heavy atom.